The van der Waals surface area contributed by atoms with Crippen molar-refractivity contribution in [1.82, 2.24) is 10.6 Å². The van der Waals surface area contributed by atoms with E-state index in [-0.39, 0.29) is 25.0 Å². The zero-order chi connectivity index (χ0) is 15.1. The molecule has 8 heteroatoms. The normalized spacial score (nSPS) is 12.4. The van der Waals surface area contributed by atoms with Crippen molar-refractivity contribution in [3.05, 3.63) is 0 Å². The molecule has 0 bridgehead atoms. The molecule has 0 radical (unpaired) electrons. The lowest BCUT2D eigenvalue weighted by atomic mass is 9.85. The highest BCUT2D eigenvalue weighted by atomic mass is 16.5. The molecule has 1 unspecified atom stereocenters. The molecule has 0 saturated heterocycles. The van der Waals surface area contributed by atoms with Crippen molar-refractivity contribution < 1.29 is 24.2 Å². The minimum absolute atomic E-state index is 0.0398. The van der Waals surface area contributed by atoms with E-state index in [9.17, 15) is 14.4 Å². The number of primary amides is 1. The number of nitrogens with two attached hydrogens (primary N) is 1. The molecule has 0 fully saturated rings. The van der Waals surface area contributed by atoms with Crippen LogP contribution < -0.4 is 16.4 Å². The van der Waals surface area contributed by atoms with Gasteiger partial charge in [-0.15, -0.1) is 0 Å². The quantitative estimate of drug-likeness (QED) is 0.517. The first-order valence-electron chi connectivity index (χ1n) is 5.81. The number of rotatable bonds is 6. The molecule has 0 aromatic carbocycles. The number of carboxylic acids is 1. The van der Waals surface area contributed by atoms with Crippen LogP contribution in [0.3, 0.4) is 0 Å². The monoisotopic (exact) mass is 275 g/mol. The van der Waals surface area contributed by atoms with Crippen LogP contribution in [-0.4, -0.2) is 42.4 Å². The molecule has 1 atom stereocenters. The van der Waals surface area contributed by atoms with Gasteiger partial charge in [0.1, 0.15) is 6.61 Å². The Bertz CT molecular complexity index is 338. The Morgan fingerprint density at radius 1 is 1.32 bits per heavy atom. The number of hydrogen-bond donors (Lipinski definition) is 4. The third-order valence-corrected chi connectivity index (χ3v) is 2.36. The summed E-state index contributed by atoms with van der Waals surface area (Å²) in [7, 11) is 0. The summed E-state index contributed by atoms with van der Waals surface area (Å²) < 4.78 is 4.43. The Morgan fingerprint density at radius 2 is 1.89 bits per heavy atom. The standard InChI is InChI=1S/C11H21N3O5/c1-11(2,3)7(6-8(15)16)14-10(18)13-4-5-19-9(12)17/h7H,4-6H2,1-3H3,(H2,12,17)(H,15,16)(H2,13,14,18). The van der Waals surface area contributed by atoms with Gasteiger partial charge in [-0.3, -0.25) is 4.79 Å². The topological polar surface area (TPSA) is 131 Å². The molecule has 5 N–H and O–H groups in total. The summed E-state index contributed by atoms with van der Waals surface area (Å²) in [6, 6.07) is -1.03. The second-order valence-electron chi connectivity index (χ2n) is 5.08. The maximum Gasteiger partial charge on any atom is 0.404 e. The first-order chi connectivity index (χ1) is 8.62. The summed E-state index contributed by atoms with van der Waals surface area (Å²) in [4.78, 5) is 32.6. The fourth-order valence-electron chi connectivity index (χ4n) is 1.27. The Hall–Kier alpha value is -1.99. The number of aliphatic carboxylic acids is 1. The zero-order valence-electron chi connectivity index (χ0n) is 11.4. The molecule has 8 nitrogen and oxygen atoms in total. The van der Waals surface area contributed by atoms with Gasteiger partial charge in [0.25, 0.3) is 0 Å². The van der Waals surface area contributed by atoms with Crippen molar-refractivity contribution in [2.24, 2.45) is 11.1 Å². The largest absolute Gasteiger partial charge is 0.481 e. The van der Waals surface area contributed by atoms with Crippen molar-refractivity contribution in [2.75, 3.05) is 13.2 Å². The molecule has 0 aliphatic carbocycles. The van der Waals surface area contributed by atoms with E-state index < -0.39 is 24.1 Å². The minimum atomic E-state index is -0.989. The number of nitrogens with one attached hydrogen (secondary N) is 2. The molecule has 0 heterocycles. The summed E-state index contributed by atoms with van der Waals surface area (Å²) in [5, 5.41) is 13.8. The number of carbonyl (C=O) groups is 3. The van der Waals surface area contributed by atoms with Crippen molar-refractivity contribution in [1.29, 1.82) is 0 Å². The molecule has 0 saturated carbocycles. The second kappa shape index (κ2) is 7.45. The fraction of sp³-hybridized carbons (Fsp3) is 0.727. The number of amides is 3. The lowest BCUT2D eigenvalue weighted by Crippen LogP contribution is -2.49. The van der Waals surface area contributed by atoms with Crippen LogP contribution >= 0.6 is 0 Å². The average molecular weight is 275 g/mol. The minimum Gasteiger partial charge on any atom is -0.481 e. The average Bonchev–Trinajstić information content (AvgIpc) is 2.21. The number of hydrogen-bond acceptors (Lipinski definition) is 4. The van der Waals surface area contributed by atoms with Gasteiger partial charge in [-0.2, -0.15) is 0 Å². The van der Waals surface area contributed by atoms with E-state index in [1.54, 1.807) is 0 Å². The van der Waals surface area contributed by atoms with Crippen LogP contribution in [0.1, 0.15) is 27.2 Å². The van der Waals surface area contributed by atoms with Crippen LogP contribution in [0.5, 0.6) is 0 Å². The van der Waals surface area contributed by atoms with Gasteiger partial charge < -0.3 is 26.2 Å². The lowest BCUT2D eigenvalue weighted by Gasteiger charge is -2.30. The molecule has 0 aliphatic heterocycles. The molecular formula is C11H21N3O5. The molecular weight excluding hydrogens is 254 g/mol. The molecule has 19 heavy (non-hydrogen) atoms. The van der Waals surface area contributed by atoms with Crippen LogP contribution in [-0.2, 0) is 9.53 Å². The van der Waals surface area contributed by atoms with Gasteiger partial charge in [0, 0.05) is 6.04 Å². The fourth-order valence-corrected chi connectivity index (χ4v) is 1.27. The van der Waals surface area contributed by atoms with Crippen molar-refractivity contribution in [3.8, 4) is 0 Å². The van der Waals surface area contributed by atoms with Gasteiger partial charge in [0.05, 0.1) is 13.0 Å². The Morgan fingerprint density at radius 3 is 2.32 bits per heavy atom. The number of urea groups is 1. The Kier molecular flexibility index (Phi) is 6.67. The van der Waals surface area contributed by atoms with E-state index in [0.717, 1.165) is 0 Å². The van der Waals surface area contributed by atoms with E-state index >= 15 is 0 Å². The SMILES string of the molecule is CC(C)(C)C(CC(=O)O)NC(=O)NCCOC(N)=O. The van der Waals surface area contributed by atoms with Crippen molar-refractivity contribution in [2.45, 2.75) is 33.2 Å². The Balaban J connectivity index is 4.17. The number of ether oxygens (including phenoxy) is 1. The first kappa shape index (κ1) is 17.0. The van der Waals surface area contributed by atoms with Gasteiger partial charge >= 0.3 is 18.1 Å². The van der Waals surface area contributed by atoms with E-state index in [1.807, 2.05) is 20.8 Å². The third kappa shape index (κ3) is 8.70. The van der Waals surface area contributed by atoms with E-state index in [1.165, 1.54) is 0 Å². The third-order valence-electron chi connectivity index (χ3n) is 2.36. The van der Waals surface area contributed by atoms with Crippen LogP contribution in [0.15, 0.2) is 0 Å². The summed E-state index contributed by atoms with van der Waals surface area (Å²) in [5.41, 5.74) is 4.36. The zero-order valence-corrected chi connectivity index (χ0v) is 11.4. The summed E-state index contributed by atoms with van der Waals surface area (Å²) in [6.45, 7) is 5.55. The molecule has 0 aromatic heterocycles. The van der Waals surface area contributed by atoms with Gasteiger partial charge in [-0.1, -0.05) is 20.8 Å². The summed E-state index contributed by atoms with van der Waals surface area (Å²) in [6.07, 6.45) is -1.09. The highest BCUT2D eigenvalue weighted by Gasteiger charge is 2.28. The van der Waals surface area contributed by atoms with Crippen LogP contribution in [0.4, 0.5) is 9.59 Å². The Labute approximate surface area is 111 Å². The highest BCUT2D eigenvalue weighted by Crippen LogP contribution is 2.21. The van der Waals surface area contributed by atoms with Gasteiger partial charge in [-0.25, -0.2) is 9.59 Å². The van der Waals surface area contributed by atoms with E-state index in [0.29, 0.717) is 0 Å². The molecule has 3 amide bonds. The van der Waals surface area contributed by atoms with Gasteiger partial charge in [0.15, 0.2) is 0 Å². The van der Waals surface area contributed by atoms with Crippen molar-refractivity contribution >= 4 is 18.1 Å². The van der Waals surface area contributed by atoms with Crippen LogP contribution in [0.2, 0.25) is 0 Å². The molecule has 0 spiro atoms. The predicted molar refractivity (Wildman–Crippen MR) is 67.6 cm³/mol. The molecule has 0 aliphatic rings. The first-order valence-corrected chi connectivity index (χ1v) is 5.81. The molecule has 0 aromatic rings. The highest BCUT2D eigenvalue weighted by molar-refractivity contribution is 5.75. The number of carbonyl (C=O) groups excluding carboxylic acids is 2. The maximum absolute atomic E-state index is 11.5. The van der Waals surface area contributed by atoms with Crippen molar-refractivity contribution in [3.63, 3.8) is 0 Å². The lowest BCUT2D eigenvalue weighted by molar-refractivity contribution is -0.138. The summed E-state index contributed by atoms with van der Waals surface area (Å²) in [5.74, 6) is -0.989. The van der Waals surface area contributed by atoms with Gasteiger partial charge in [0.2, 0.25) is 0 Å². The van der Waals surface area contributed by atoms with E-state index in [2.05, 4.69) is 15.4 Å². The molecule has 110 valence electrons. The maximum atomic E-state index is 11.5. The summed E-state index contributed by atoms with van der Waals surface area (Å²) >= 11 is 0. The van der Waals surface area contributed by atoms with Gasteiger partial charge in [-0.05, 0) is 5.41 Å². The predicted octanol–water partition coefficient (Wildman–Crippen LogP) is 0.270. The number of carboxylic acid groups (broad SMARTS) is 1. The smallest absolute Gasteiger partial charge is 0.404 e. The second-order valence-corrected chi connectivity index (χ2v) is 5.08. The van der Waals surface area contributed by atoms with Crippen LogP contribution in [0.25, 0.3) is 0 Å². The van der Waals surface area contributed by atoms with E-state index in [4.69, 9.17) is 10.8 Å². The van der Waals surface area contributed by atoms with Crippen LogP contribution in [0, 0.1) is 5.41 Å². The molecule has 0 rings (SSSR count).